The van der Waals surface area contributed by atoms with E-state index in [1.807, 2.05) is 24.4 Å². The number of aromatic amines is 2. The van der Waals surface area contributed by atoms with Crippen molar-refractivity contribution in [2.24, 2.45) is 0 Å². The third-order valence-electron chi connectivity index (χ3n) is 5.63. The van der Waals surface area contributed by atoms with Gasteiger partial charge in [-0.2, -0.15) is 0 Å². The average molecular weight is 436 g/mol. The molecule has 0 fully saturated rings. The molecule has 0 unspecified atom stereocenters. The highest BCUT2D eigenvalue weighted by atomic mass is 35.5. The number of non-ortho nitro benzene ring substituents is 1. The van der Waals surface area contributed by atoms with Crippen molar-refractivity contribution in [2.45, 2.75) is 19.5 Å². The van der Waals surface area contributed by atoms with Crippen LogP contribution < -0.4 is 5.56 Å². The fourth-order valence-corrected chi connectivity index (χ4v) is 4.25. The van der Waals surface area contributed by atoms with E-state index in [0.29, 0.717) is 47.9 Å². The number of H-pyrrole nitrogens is 2. The number of nitrogens with one attached hydrogen (secondary N) is 2. The van der Waals surface area contributed by atoms with Crippen LogP contribution in [0.1, 0.15) is 16.8 Å². The minimum atomic E-state index is -0.356. The predicted molar refractivity (Wildman–Crippen MR) is 118 cm³/mol. The van der Waals surface area contributed by atoms with Gasteiger partial charge in [-0.25, -0.2) is 4.98 Å². The van der Waals surface area contributed by atoms with Gasteiger partial charge in [-0.05, 0) is 42.3 Å². The Labute approximate surface area is 181 Å². The lowest BCUT2D eigenvalue weighted by atomic mass is 10.0. The van der Waals surface area contributed by atoms with E-state index in [-0.39, 0.29) is 16.2 Å². The molecule has 31 heavy (non-hydrogen) atoms. The highest BCUT2D eigenvalue weighted by molar-refractivity contribution is 6.30. The van der Waals surface area contributed by atoms with Gasteiger partial charge < -0.3 is 9.97 Å². The number of nitro benzene ring substituents is 1. The molecule has 0 aliphatic carbocycles. The lowest BCUT2D eigenvalue weighted by Crippen LogP contribution is -2.35. The number of nitrogens with zero attached hydrogens (tertiary/aromatic N) is 3. The van der Waals surface area contributed by atoms with E-state index in [2.05, 4.69) is 14.9 Å². The smallest absolute Gasteiger partial charge is 0.279 e. The monoisotopic (exact) mass is 435 g/mol. The molecule has 2 aromatic carbocycles. The van der Waals surface area contributed by atoms with E-state index in [0.717, 1.165) is 22.3 Å². The molecule has 0 radical (unpaired) electrons. The third-order valence-corrected chi connectivity index (χ3v) is 5.88. The summed E-state index contributed by atoms with van der Waals surface area (Å²) in [6, 6.07) is 12.2. The molecule has 0 amide bonds. The van der Waals surface area contributed by atoms with E-state index >= 15 is 0 Å². The largest absolute Gasteiger partial charge is 0.361 e. The van der Waals surface area contributed by atoms with Gasteiger partial charge in [0.05, 0.1) is 21.5 Å². The molecule has 2 N–H and O–H groups in total. The molecule has 156 valence electrons. The topological polar surface area (TPSA) is 108 Å². The van der Waals surface area contributed by atoms with Crippen molar-refractivity contribution in [1.82, 2.24) is 19.9 Å². The van der Waals surface area contributed by atoms with Crippen molar-refractivity contribution in [2.75, 3.05) is 6.54 Å². The van der Waals surface area contributed by atoms with E-state index in [1.165, 1.54) is 6.07 Å². The van der Waals surface area contributed by atoms with Crippen LogP contribution in [0.3, 0.4) is 0 Å². The first kappa shape index (κ1) is 19.5. The molecule has 1 aliphatic rings. The number of aromatic nitrogens is 3. The maximum atomic E-state index is 12.6. The summed E-state index contributed by atoms with van der Waals surface area (Å²) in [6.07, 6.45) is 2.39. The molecule has 2 aromatic heterocycles. The van der Waals surface area contributed by atoms with Gasteiger partial charge in [-0.3, -0.25) is 19.8 Å². The summed E-state index contributed by atoms with van der Waals surface area (Å²) in [5.74, 6) is 0.505. The van der Waals surface area contributed by atoms with Crippen molar-refractivity contribution < 1.29 is 4.92 Å². The van der Waals surface area contributed by atoms with Crippen LogP contribution in [0, 0.1) is 10.1 Å². The number of fused-ring (bicyclic) bond motifs is 2. The quantitative estimate of drug-likeness (QED) is 0.371. The summed E-state index contributed by atoms with van der Waals surface area (Å²) < 4.78 is 0. The standard InChI is InChI=1S/C22H18ClN5O3/c23-15-6-4-13(5-7-15)21-25-18-12-27(9-8-16(18)22(29)26-21)11-14-10-24-17-2-1-3-19(20(14)17)28(30)31/h1-7,10,24H,8-9,11-12H2,(H,25,26,29). The Balaban J connectivity index is 1.46. The molecule has 0 spiro atoms. The number of nitro groups is 1. The van der Waals surface area contributed by atoms with Crippen molar-refractivity contribution in [1.29, 1.82) is 0 Å². The van der Waals surface area contributed by atoms with Gasteiger partial charge in [0.2, 0.25) is 0 Å². The zero-order chi connectivity index (χ0) is 21.5. The van der Waals surface area contributed by atoms with Crippen LogP contribution in [0.2, 0.25) is 5.02 Å². The van der Waals surface area contributed by atoms with Crippen molar-refractivity contribution in [3.05, 3.63) is 91.0 Å². The van der Waals surface area contributed by atoms with Crippen LogP contribution >= 0.6 is 11.6 Å². The van der Waals surface area contributed by atoms with Gasteiger partial charge in [0.25, 0.3) is 11.2 Å². The summed E-state index contributed by atoms with van der Waals surface area (Å²) in [6.45, 7) is 1.69. The number of hydrogen-bond acceptors (Lipinski definition) is 5. The van der Waals surface area contributed by atoms with E-state index in [9.17, 15) is 14.9 Å². The minimum Gasteiger partial charge on any atom is -0.361 e. The Kier molecular flexibility index (Phi) is 4.80. The highest BCUT2D eigenvalue weighted by Crippen LogP contribution is 2.30. The first-order chi connectivity index (χ1) is 15.0. The fraction of sp³-hybridized carbons (Fsp3) is 0.182. The lowest BCUT2D eigenvalue weighted by molar-refractivity contribution is -0.383. The van der Waals surface area contributed by atoms with Crippen molar-refractivity contribution in [3.8, 4) is 11.4 Å². The lowest BCUT2D eigenvalue weighted by Gasteiger charge is -2.27. The summed E-state index contributed by atoms with van der Waals surface area (Å²) in [4.78, 5) is 36.6. The zero-order valence-electron chi connectivity index (χ0n) is 16.4. The molecule has 8 nitrogen and oxygen atoms in total. The molecule has 0 atom stereocenters. The van der Waals surface area contributed by atoms with Crippen LogP contribution in [0.15, 0.2) is 53.5 Å². The Morgan fingerprint density at radius 2 is 2.00 bits per heavy atom. The Morgan fingerprint density at radius 1 is 1.19 bits per heavy atom. The molecular formula is C22H18ClN5O3. The number of benzene rings is 2. The Bertz CT molecular complexity index is 1360. The molecular weight excluding hydrogens is 418 g/mol. The number of rotatable bonds is 4. The zero-order valence-corrected chi connectivity index (χ0v) is 17.1. The van der Waals surface area contributed by atoms with Crippen LogP contribution in [0.25, 0.3) is 22.3 Å². The maximum absolute atomic E-state index is 12.6. The van der Waals surface area contributed by atoms with Gasteiger partial charge in [0.15, 0.2) is 0 Å². The fourth-order valence-electron chi connectivity index (χ4n) is 4.13. The SMILES string of the molecule is O=c1[nH]c(-c2ccc(Cl)cc2)nc2c1CCN(Cc1c[nH]c3cccc([N+](=O)[O-])c13)C2. The minimum absolute atomic E-state index is 0.0887. The summed E-state index contributed by atoms with van der Waals surface area (Å²) in [7, 11) is 0. The summed E-state index contributed by atoms with van der Waals surface area (Å²) in [5.41, 5.74) is 3.76. The van der Waals surface area contributed by atoms with Crippen molar-refractivity contribution in [3.63, 3.8) is 0 Å². The van der Waals surface area contributed by atoms with E-state index in [4.69, 9.17) is 16.6 Å². The van der Waals surface area contributed by atoms with Gasteiger partial charge in [-0.1, -0.05) is 17.7 Å². The molecule has 4 aromatic rings. The van der Waals surface area contributed by atoms with Crippen LogP contribution in [0.4, 0.5) is 5.69 Å². The molecule has 3 heterocycles. The second-order valence-corrected chi connectivity index (χ2v) is 8.01. The van der Waals surface area contributed by atoms with E-state index in [1.54, 1.807) is 18.2 Å². The van der Waals surface area contributed by atoms with Gasteiger partial charge in [-0.15, -0.1) is 0 Å². The summed E-state index contributed by atoms with van der Waals surface area (Å²) in [5, 5.41) is 12.7. The Morgan fingerprint density at radius 3 is 2.77 bits per heavy atom. The van der Waals surface area contributed by atoms with Crippen LogP contribution in [0.5, 0.6) is 0 Å². The molecule has 0 saturated heterocycles. The molecule has 0 bridgehead atoms. The predicted octanol–water partition coefficient (Wildman–Crippen LogP) is 4.04. The molecule has 1 aliphatic heterocycles. The van der Waals surface area contributed by atoms with Gasteiger partial charge >= 0.3 is 0 Å². The average Bonchev–Trinajstić information content (AvgIpc) is 3.17. The highest BCUT2D eigenvalue weighted by Gasteiger charge is 2.24. The third kappa shape index (κ3) is 3.60. The van der Waals surface area contributed by atoms with E-state index < -0.39 is 0 Å². The van der Waals surface area contributed by atoms with Crippen LogP contribution in [-0.4, -0.2) is 31.3 Å². The van der Waals surface area contributed by atoms with Crippen LogP contribution in [-0.2, 0) is 19.5 Å². The second kappa shape index (κ2) is 7.64. The molecule has 5 rings (SSSR count). The van der Waals surface area contributed by atoms with Gasteiger partial charge in [0.1, 0.15) is 5.82 Å². The number of hydrogen-bond donors (Lipinski definition) is 2. The summed E-state index contributed by atoms with van der Waals surface area (Å²) >= 11 is 5.96. The first-order valence-corrected chi connectivity index (χ1v) is 10.2. The molecule has 0 saturated carbocycles. The van der Waals surface area contributed by atoms with Gasteiger partial charge in [0, 0.05) is 48.0 Å². The normalized spacial score (nSPS) is 14.0. The second-order valence-electron chi connectivity index (χ2n) is 7.58. The Hall–Kier alpha value is -3.49. The van der Waals surface area contributed by atoms with Crippen molar-refractivity contribution >= 4 is 28.2 Å². The number of halogens is 1. The maximum Gasteiger partial charge on any atom is 0.279 e. The first-order valence-electron chi connectivity index (χ1n) is 9.83. The molecule has 9 heteroatoms.